The minimum Gasteiger partial charge on any atom is -0.490 e. The monoisotopic (exact) mass is 507 g/mol. The lowest BCUT2D eigenvalue weighted by atomic mass is 10.1. The van der Waals surface area contributed by atoms with Crippen molar-refractivity contribution in [2.24, 2.45) is 0 Å². The third kappa shape index (κ3) is 6.94. The summed E-state index contributed by atoms with van der Waals surface area (Å²) in [6.07, 6.45) is 0. The van der Waals surface area contributed by atoms with Crippen molar-refractivity contribution >= 4 is 46.5 Å². The van der Waals surface area contributed by atoms with Crippen molar-refractivity contribution in [3.05, 3.63) is 86.4 Å². The quantitative estimate of drug-likeness (QED) is 0.289. The lowest BCUT2D eigenvalue weighted by molar-refractivity contribution is 0.0526. The molecule has 0 aliphatic carbocycles. The second kappa shape index (κ2) is 12.0. The number of rotatable bonds is 10. The molecule has 0 saturated carbocycles. The molecule has 0 unspecified atom stereocenters. The Morgan fingerprint density at radius 2 is 1.55 bits per heavy atom. The molecule has 8 heteroatoms. The Balaban J connectivity index is 1.69. The zero-order chi connectivity index (χ0) is 23.8. The molecule has 33 heavy (non-hydrogen) atoms. The van der Waals surface area contributed by atoms with Gasteiger partial charge in [0.15, 0.2) is 11.5 Å². The summed E-state index contributed by atoms with van der Waals surface area (Å²) in [4.78, 5) is 11.8. The SMILES string of the molecule is CCOC(=O)c1ccc(NCc2cc(Cl)c(OCc3ccc(Cl)c(Cl)c3)c(OCC)c2)cc1. The van der Waals surface area contributed by atoms with E-state index >= 15 is 0 Å². The van der Waals surface area contributed by atoms with Gasteiger partial charge < -0.3 is 19.5 Å². The summed E-state index contributed by atoms with van der Waals surface area (Å²) in [5, 5.41) is 4.70. The van der Waals surface area contributed by atoms with Gasteiger partial charge in [0.25, 0.3) is 0 Å². The second-order valence-corrected chi connectivity index (χ2v) is 8.25. The fourth-order valence-corrected chi connectivity index (χ4v) is 3.66. The molecule has 0 saturated heterocycles. The highest BCUT2D eigenvalue weighted by molar-refractivity contribution is 6.42. The van der Waals surface area contributed by atoms with Crippen LogP contribution in [0, 0.1) is 0 Å². The van der Waals surface area contributed by atoms with Crippen molar-refractivity contribution in [3.8, 4) is 11.5 Å². The molecule has 1 N–H and O–H groups in total. The number of esters is 1. The summed E-state index contributed by atoms with van der Waals surface area (Å²) in [7, 11) is 0. The molecule has 0 bridgehead atoms. The van der Waals surface area contributed by atoms with Gasteiger partial charge in [-0.05, 0) is 73.5 Å². The smallest absolute Gasteiger partial charge is 0.338 e. The number of nitrogens with one attached hydrogen (secondary N) is 1. The summed E-state index contributed by atoms with van der Waals surface area (Å²) in [5.74, 6) is 0.681. The first-order valence-corrected chi connectivity index (χ1v) is 11.6. The van der Waals surface area contributed by atoms with Gasteiger partial charge in [-0.15, -0.1) is 0 Å². The van der Waals surface area contributed by atoms with Gasteiger partial charge in [0.2, 0.25) is 0 Å². The largest absolute Gasteiger partial charge is 0.490 e. The van der Waals surface area contributed by atoms with Crippen molar-refractivity contribution in [1.82, 2.24) is 0 Å². The number of benzene rings is 3. The normalized spacial score (nSPS) is 10.6. The Labute approximate surface area is 208 Å². The minimum absolute atomic E-state index is 0.265. The van der Waals surface area contributed by atoms with Crippen molar-refractivity contribution < 1.29 is 19.0 Å². The van der Waals surface area contributed by atoms with E-state index in [0.717, 1.165) is 16.8 Å². The highest BCUT2D eigenvalue weighted by atomic mass is 35.5. The molecule has 0 atom stereocenters. The van der Waals surface area contributed by atoms with Gasteiger partial charge in [-0.3, -0.25) is 0 Å². The number of carbonyl (C=O) groups excluding carboxylic acids is 1. The first-order chi connectivity index (χ1) is 15.9. The average molecular weight is 509 g/mol. The van der Waals surface area contributed by atoms with E-state index in [4.69, 9.17) is 49.0 Å². The molecule has 3 aromatic rings. The topological polar surface area (TPSA) is 56.8 Å². The van der Waals surface area contributed by atoms with Crippen LogP contribution >= 0.6 is 34.8 Å². The van der Waals surface area contributed by atoms with Crippen LogP contribution in [0.25, 0.3) is 0 Å². The first-order valence-electron chi connectivity index (χ1n) is 10.4. The fourth-order valence-electron chi connectivity index (χ4n) is 3.05. The number of anilines is 1. The third-order valence-corrected chi connectivity index (χ3v) is 5.65. The number of ether oxygens (including phenoxy) is 3. The average Bonchev–Trinajstić information content (AvgIpc) is 2.80. The van der Waals surface area contributed by atoms with Crippen molar-refractivity contribution in [1.29, 1.82) is 0 Å². The van der Waals surface area contributed by atoms with E-state index in [-0.39, 0.29) is 12.6 Å². The molecule has 0 heterocycles. The van der Waals surface area contributed by atoms with Crippen LogP contribution in [0.1, 0.15) is 35.3 Å². The van der Waals surface area contributed by atoms with Crippen LogP contribution in [0.2, 0.25) is 15.1 Å². The Bertz CT molecular complexity index is 1100. The molecule has 3 rings (SSSR count). The summed E-state index contributed by atoms with van der Waals surface area (Å²) in [5.41, 5.74) is 3.14. The first kappa shape index (κ1) is 25.0. The predicted octanol–water partition coefficient (Wildman–Crippen LogP) is 7.41. The van der Waals surface area contributed by atoms with Crippen LogP contribution in [0.5, 0.6) is 11.5 Å². The molecule has 0 aliphatic rings. The van der Waals surface area contributed by atoms with E-state index in [0.29, 0.717) is 51.9 Å². The van der Waals surface area contributed by atoms with Gasteiger partial charge in [0.1, 0.15) is 6.61 Å². The highest BCUT2D eigenvalue weighted by Crippen LogP contribution is 2.37. The summed E-state index contributed by atoms with van der Waals surface area (Å²) in [6.45, 7) is 5.25. The highest BCUT2D eigenvalue weighted by Gasteiger charge is 2.14. The lowest BCUT2D eigenvalue weighted by Gasteiger charge is -2.16. The van der Waals surface area contributed by atoms with E-state index in [1.165, 1.54) is 0 Å². The van der Waals surface area contributed by atoms with E-state index in [1.54, 1.807) is 31.2 Å². The van der Waals surface area contributed by atoms with Gasteiger partial charge in [-0.1, -0.05) is 40.9 Å². The molecule has 0 spiro atoms. The lowest BCUT2D eigenvalue weighted by Crippen LogP contribution is -2.05. The molecule has 174 valence electrons. The van der Waals surface area contributed by atoms with E-state index in [1.807, 2.05) is 37.3 Å². The van der Waals surface area contributed by atoms with Crippen LogP contribution in [0.15, 0.2) is 54.6 Å². The van der Waals surface area contributed by atoms with E-state index < -0.39 is 0 Å². The van der Waals surface area contributed by atoms with Crippen molar-refractivity contribution in [3.63, 3.8) is 0 Å². The van der Waals surface area contributed by atoms with E-state index in [2.05, 4.69) is 5.32 Å². The van der Waals surface area contributed by atoms with Gasteiger partial charge >= 0.3 is 5.97 Å². The molecule has 0 aromatic heterocycles. The van der Waals surface area contributed by atoms with Gasteiger partial charge in [0.05, 0.1) is 33.8 Å². The van der Waals surface area contributed by atoms with Crippen LogP contribution in [-0.2, 0) is 17.9 Å². The molecule has 0 aliphatic heterocycles. The maximum atomic E-state index is 11.8. The zero-order valence-corrected chi connectivity index (χ0v) is 20.6. The molecular formula is C25H24Cl3NO4. The predicted molar refractivity (Wildman–Crippen MR) is 133 cm³/mol. The molecular weight excluding hydrogens is 485 g/mol. The minimum atomic E-state index is -0.339. The summed E-state index contributed by atoms with van der Waals surface area (Å²) < 4.78 is 16.7. The molecule has 3 aromatic carbocycles. The Hall–Kier alpha value is -2.60. The summed E-state index contributed by atoms with van der Waals surface area (Å²) in [6, 6.07) is 16.1. The van der Waals surface area contributed by atoms with Gasteiger partial charge in [-0.25, -0.2) is 4.79 Å². The molecule has 5 nitrogen and oxygen atoms in total. The zero-order valence-electron chi connectivity index (χ0n) is 18.3. The number of hydrogen-bond donors (Lipinski definition) is 1. The summed E-state index contributed by atoms with van der Waals surface area (Å²) >= 11 is 18.6. The van der Waals surface area contributed by atoms with Crippen LogP contribution in [-0.4, -0.2) is 19.2 Å². The molecule has 0 fully saturated rings. The Kier molecular flexibility index (Phi) is 9.12. The van der Waals surface area contributed by atoms with Crippen molar-refractivity contribution in [2.75, 3.05) is 18.5 Å². The van der Waals surface area contributed by atoms with Crippen LogP contribution < -0.4 is 14.8 Å². The Morgan fingerprint density at radius 3 is 2.21 bits per heavy atom. The molecule has 0 radical (unpaired) electrons. The van der Waals surface area contributed by atoms with Crippen LogP contribution in [0.3, 0.4) is 0 Å². The van der Waals surface area contributed by atoms with Crippen LogP contribution in [0.4, 0.5) is 5.69 Å². The van der Waals surface area contributed by atoms with Gasteiger partial charge in [0, 0.05) is 12.2 Å². The maximum absolute atomic E-state index is 11.8. The maximum Gasteiger partial charge on any atom is 0.338 e. The molecule has 0 amide bonds. The Morgan fingerprint density at radius 1 is 0.818 bits per heavy atom. The fraction of sp³-hybridized carbons (Fsp3) is 0.240. The second-order valence-electron chi connectivity index (χ2n) is 7.03. The number of halogens is 3. The number of carbonyl (C=O) groups is 1. The third-order valence-electron chi connectivity index (χ3n) is 4.63. The standard InChI is InChI=1S/C25H24Cl3NO4/c1-3-31-23-13-17(14-29-19-8-6-18(7-9-19)25(30)32-4-2)12-22(28)24(23)33-15-16-5-10-20(26)21(27)11-16/h5-13,29H,3-4,14-15H2,1-2H3. The van der Waals surface area contributed by atoms with E-state index in [9.17, 15) is 4.79 Å². The van der Waals surface area contributed by atoms with Crippen molar-refractivity contribution in [2.45, 2.75) is 27.0 Å². The van der Waals surface area contributed by atoms with Gasteiger partial charge in [-0.2, -0.15) is 0 Å². The number of hydrogen-bond acceptors (Lipinski definition) is 5.